The highest BCUT2D eigenvalue weighted by atomic mass is 16.5. The van der Waals surface area contributed by atoms with Crippen molar-refractivity contribution in [2.45, 2.75) is 25.9 Å². The summed E-state index contributed by atoms with van der Waals surface area (Å²) in [7, 11) is 3.37. The Morgan fingerprint density at radius 2 is 1.92 bits per heavy atom. The van der Waals surface area contributed by atoms with Gasteiger partial charge >= 0.3 is 0 Å². The summed E-state index contributed by atoms with van der Waals surface area (Å²) in [6.07, 6.45) is 0. The lowest BCUT2D eigenvalue weighted by molar-refractivity contribution is 0.0190. The number of piperazine rings is 1. The van der Waals surface area contributed by atoms with Gasteiger partial charge in [-0.2, -0.15) is 0 Å². The quantitative estimate of drug-likeness (QED) is 0.904. The summed E-state index contributed by atoms with van der Waals surface area (Å²) in [6, 6.07) is 8.31. The number of H-pyrrole nitrogens is 1. The molecule has 3 rings (SSSR count). The van der Waals surface area contributed by atoms with Crippen LogP contribution in [0.15, 0.2) is 24.3 Å². The van der Waals surface area contributed by atoms with Gasteiger partial charge in [0.15, 0.2) is 0 Å². The number of aromatic amines is 1. The molecule has 25 heavy (non-hydrogen) atoms. The molecule has 136 valence electrons. The van der Waals surface area contributed by atoms with Gasteiger partial charge in [-0.1, -0.05) is 0 Å². The number of methoxy groups -OCH3 is 2. The van der Waals surface area contributed by atoms with Crippen LogP contribution in [-0.2, 0) is 4.74 Å². The number of carbonyl (C=O) groups is 1. The number of nitrogens with one attached hydrogen (secondary N) is 1. The van der Waals surface area contributed by atoms with Crippen molar-refractivity contribution in [2.24, 2.45) is 0 Å². The Labute approximate surface area is 148 Å². The van der Waals surface area contributed by atoms with E-state index in [1.54, 1.807) is 14.2 Å². The number of carbonyl (C=O) groups excluding carboxylic acids is 1. The number of ether oxygens (including phenoxy) is 2. The van der Waals surface area contributed by atoms with Crippen molar-refractivity contribution in [3.05, 3.63) is 30.0 Å². The van der Waals surface area contributed by atoms with Crippen LogP contribution in [0.5, 0.6) is 5.75 Å². The van der Waals surface area contributed by atoms with Gasteiger partial charge in [0.1, 0.15) is 11.4 Å². The Kier molecular flexibility index (Phi) is 5.30. The van der Waals surface area contributed by atoms with Crippen LogP contribution in [0.4, 0.5) is 0 Å². The minimum Gasteiger partial charge on any atom is -0.497 e. The molecule has 2 heterocycles. The number of aromatic nitrogens is 1. The number of hydrogen-bond acceptors (Lipinski definition) is 4. The Balaban J connectivity index is 1.75. The maximum atomic E-state index is 13.0. The van der Waals surface area contributed by atoms with Gasteiger partial charge in [0.25, 0.3) is 5.91 Å². The first-order chi connectivity index (χ1) is 12.0. The SMILES string of the molecule is COCCN1C(C)CN(C(=O)c2cc3cc(OC)ccc3[nH]2)CC1C. The highest BCUT2D eigenvalue weighted by Gasteiger charge is 2.32. The summed E-state index contributed by atoms with van der Waals surface area (Å²) in [5.74, 6) is 0.847. The number of benzene rings is 1. The molecule has 0 spiro atoms. The second-order valence-electron chi connectivity index (χ2n) is 6.77. The van der Waals surface area contributed by atoms with E-state index < -0.39 is 0 Å². The standard InChI is InChI=1S/C19H27N3O3/c1-13-11-21(12-14(2)22(13)7-8-24-3)19(23)18-10-15-9-16(25-4)5-6-17(15)20-18/h5-6,9-10,13-14,20H,7-8,11-12H2,1-4H3. The van der Waals surface area contributed by atoms with Gasteiger partial charge in [0, 0.05) is 49.7 Å². The van der Waals surface area contributed by atoms with E-state index in [-0.39, 0.29) is 5.91 Å². The molecule has 0 bridgehead atoms. The van der Waals surface area contributed by atoms with E-state index in [2.05, 4.69) is 23.7 Å². The molecule has 1 aromatic carbocycles. The van der Waals surface area contributed by atoms with Crippen LogP contribution < -0.4 is 4.74 Å². The molecule has 1 aliphatic rings. The first kappa shape index (κ1) is 17.8. The molecule has 0 aliphatic carbocycles. The van der Waals surface area contributed by atoms with Gasteiger partial charge in [0.05, 0.1) is 13.7 Å². The van der Waals surface area contributed by atoms with Gasteiger partial charge in [-0.3, -0.25) is 9.69 Å². The average Bonchev–Trinajstić information content (AvgIpc) is 3.03. The number of fused-ring (bicyclic) bond motifs is 1. The molecule has 1 N–H and O–H groups in total. The van der Waals surface area contributed by atoms with Crippen LogP contribution in [0.25, 0.3) is 10.9 Å². The van der Waals surface area contributed by atoms with Gasteiger partial charge in [-0.15, -0.1) is 0 Å². The van der Waals surface area contributed by atoms with Crippen molar-refractivity contribution in [1.29, 1.82) is 0 Å². The van der Waals surface area contributed by atoms with Crippen LogP contribution in [0.1, 0.15) is 24.3 Å². The Morgan fingerprint density at radius 1 is 1.20 bits per heavy atom. The van der Waals surface area contributed by atoms with E-state index >= 15 is 0 Å². The maximum absolute atomic E-state index is 13.0. The molecule has 6 nitrogen and oxygen atoms in total. The Morgan fingerprint density at radius 3 is 2.56 bits per heavy atom. The van der Waals surface area contributed by atoms with Gasteiger partial charge in [-0.25, -0.2) is 0 Å². The smallest absolute Gasteiger partial charge is 0.270 e. The maximum Gasteiger partial charge on any atom is 0.270 e. The Bertz CT molecular complexity index is 731. The summed E-state index contributed by atoms with van der Waals surface area (Å²) in [5.41, 5.74) is 1.58. The van der Waals surface area contributed by atoms with Crippen LogP contribution in [0, 0.1) is 0 Å². The van der Waals surface area contributed by atoms with Crippen molar-refractivity contribution in [2.75, 3.05) is 40.5 Å². The molecule has 1 saturated heterocycles. The first-order valence-electron chi connectivity index (χ1n) is 8.74. The van der Waals surface area contributed by atoms with E-state index in [4.69, 9.17) is 9.47 Å². The molecule has 1 aromatic heterocycles. The fourth-order valence-electron chi connectivity index (χ4n) is 3.68. The lowest BCUT2D eigenvalue weighted by atomic mass is 10.1. The fourth-order valence-corrected chi connectivity index (χ4v) is 3.68. The van der Waals surface area contributed by atoms with E-state index in [0.29, 0.717) is 24.4 Å². The van der Waals surface area contributed by atoms with E-state index in [1.165, 1.54) is 0 Å². The molecular weight excluding hydrogens is 318 g/mol. The molecular formula is C19H27N3O3. The molecule has 1 amide bonds. The van der Waals surface area contributed by atoms with Gasteiger partial charge < -0.3 is 19.4 Å². The molecule has 1 aliphatic heterocycles. The topological polar surface area (TPSA) is 57.8 Å². The normalized spacial score (nSPS) is 21.7. The first-order valence-corrected chi connectivity index (χ1v) is 8.74. The number of amides is 1. The monoisotopic (exact) mass is 345 g/mol. The Hall–Kier alpha value is -2.05. The number of hydrogen-bond donors (Lipinski definition) is 1. The minimum atomic E-state index is 0.0558. The van der Waals surface area contributed by atoms with Crippen molar-refractivity contribution in [1.82, 2.24) is 14.8 Å². The largest absolute Gasteiger partial charge is 0.497 e. The van der Waals surface area contributed by atoms with Crippen molar-refractivity contribution in [3.8, 4) is 5.75 Å². The predicted octanol–water partition coefficient (Wildman–Crippen LogP) is 2.36. The second-order valence-corrected chi connectivity index (χ2v) is 6.77. The molecule has 2 atom stereocenters. The van der Waals surface area contributed by atoms with Crippen molar-refractivity contribution in [3.63, 3.8) is 0 Å². The minimum absolute atomic E-state index is 0.0558. The molecule has 2 unspecified atom stereocenters. The highest BCUT2D eigenvalue weighted by Crippen LogP contribution is 2.23. The van der Waals surface area contributed by atoms with Crippen molar-refractivity contribution >= 4 is 16.8 Å². The number of nitrogens with zero attached hydrogens (tertiary/aromatic N) is 2. The molecule has 6 heteroatoms. The van der Waals surface area contributed by atoms with Crippen LogP contribution in [0.3, 0.4) is 0 Å². The summed E-state index contributed by atoms with van der Waals surface area (Å²) in [6.45, 7) is 7.40. The van der Waals surface area contributed by atoms with Crippen LogP contribution >= 0.6 is 0 Å². The lowest BCUT2D eigenvalue weighted by Crippen LogP contribution is -2.58. The van der Waals surface area contributed by atoms with E-state index in [0.717, 1.165) is 36.3 Å². The third kappa shape index (κ3) is 3.65. The summed E-state index contributed by atoms with van der Waals surface area (Å²) in [5, 5.41) is 0.988. The van der Waals surface area contributed by atoms with Gasteiger partial charge in [-0.05, 0) is 38.1 Å². The molecule has 0 saturated carbocycles. The fraction of sp³-hybridized carbons (Fsp3) is 0.526. The lowest BCUT2D eigenvalue weighted by Gasteiger charge is -2.44. The second kappa shape index (κ2) is 7.45. The predicted molar refractivity (Wildman–Crippen MR) is 98.3 cm³/mol. The summed E-state index contributed by atoms with van der Waals surface area (Å²) in [4.78, 5) is 20.5. The molecule has 0 radical (unpaired) electrons. The summed E-state index contributed by atoms with van der Waals surface area (Å²) >= 11 is 0. The highest BCUT2D eigenvalue weighted by molar-refractivity contribution is 5.98. The average molecular weight is 345 g/mol. The van der Waals surface area contributed by atoms with Crippen molar-refractivity contribution < 1.29 is 14.3 Å². The van der Waals surface area contributed by atoms with Crippen LogP contribution in [0.2, 0.25) is 0 Å². The van der Waals surface area contributed by atoms with Crippen LogP contribution in [-0.4, -0.2) is 73.2 Å². The van der Waals surface area contributed by atoms with E-state index in [1.807, 2.05) is 29.2 Å². The van der Waals surface area contributed by atoms with Gasteiger partial charge in [0.2, 0.25) is 0 Å². The number of rotatable bonds is 5. The zero-order valence-corrected chi connectivity index (χ0v) is 15.4. The molecule has 1 fully saturated rings. The third-order valence-corrected chi connectivity index (χ3v) is 5.00. The van der Waals surface area contributed by atoms with E-state index in [9.17, 15) is 4.79 Å². The zero-order valence-electron chi connectivity index (χ0n) is 15.4. The summed E-state index contributed by atoms with van der Waals surface area (Å²) < 4.78 is 10.5. The zero-order chi connectivity index (χ0) is 18.0. The third-order valence-electron chi connectivity index (χ3n) is 5.00. The molecule has 2 aromatic rings.